The molecule has 1 unspecified atom stereocenters. The Kier molecular flexibility index (Phi) is 1.06. The summed E-state index contributed by atoms with van der Waals surface area (Å²) in [6, 6.07) is 6.11. The lowest BCUT2D eigenvalue weighted by atomic mass is 9.89. The highest BCUT2D eigenvalue weighted by Gasteiger charge is 2.36. The second kappa shape index (κ2) is 1.98. The van der Waals surface area contributed by atoms with Crippen LogP contribution >= 0.6 is 0 Å². The average Bonchev–Trinajstić information content (AvgIpc) is 2.33. The monoisotopic (exact) mass is 158 g/mol. The van der Waals surface area contributed by atoms with E-state index in [1.165, 1.54) is 17.5 Å². The van der Waals surface area contributed by atoms with Gasteiger partial charge in [0.25, 0.3) is 0 Å². The summed E-state index contributed by atoms with van der Waals surface area (Å²) in [4.78, 5) is 11.7. The molecule has 1 heteroatoms. The SMILES string of the molecule is O=C1c2cccc3c2CCCC13. The number of carbonyl (C=O) groups is 1. The van der Waals surface area contributed by atoms with E-state index in [4.69, 9.17) is 0 Å². The second-order valence-electron chi connectivity index (χ2n) is 3.68. The molecule has 12 heavy (non-hydrogen) atoms. The van der Waals surface area contributed by atoms with Gasteiger partial charge in [0.2, 0.25) is 0 Å². The number of rotatable bonds is 0. The number of hydrogen-bond donors (Lipinski definition) is 0. The molecule has 0 spiro atoms. The fraction of sp³-hybridized carbons (Fsp3) is 0.364. The van der Waals surface area contributed by atoms with Gasteiger partial charge in [-0.25, -0.2) is 0 Å². The minimum absolute atomic E-state index is 0.235. The zero-order valence-electron chi connectivity index (χ0n) is 6.84. The molecule has 60 valence electrons. The first-order valence-electron chi connectivity index (χ1n) is 4.54. The summed E-state index contributed by atoms with van der Waals surface area (Å²) >= 11 is 0. The van der Waals surface area contributed by atoms with Crippen LogP contribution in [0.25, 0.3) is 0 Å². The third kappa shape index (κ3) is 0.580. The van der Waals surface area contributed by atoms with Crippen molar-refractivity contribution >= 4 is 5.78 Å². The average molecular weight is 158 g/mol. The normalized spacial score (nSPS) is 24.7. The van der Waals surface area contributed by atoms with Crippen molar-refractivity contribution in [2.75, 3.05) is 0 Å². The topological polar surface area (TPSA) is 17.1 Å². The standard InChI is InChI=1S/C11H10O/c12-11-9-5-1-3-7-8(9)4-2-6-10(7)11/h1,3,5,10H,2,4,6H2. The van der Waals surface area contributed by atoms with Gasteiger partial charge in [-0.1, -0.05) is 18.2 Å². The summed E-state index contributed by atoms with van der Waals surface area (Å²) in [6.07, 6.45) is 3.38. The maximum atomic E-state index is 11.7. The van der Waals surface area contributed by atoms with Crippen LogP contribution in [0.3, 0.4) is 0 Å². The van der Waals surface area contributed by atoms with Crippen LogP contribution in [0.4, 0.5) is 0 Å². The molecular weight excluding hydrogens is 148 g/mol. The molecule has 0 saturated carbocycles. The third-order valence-electron chi connectivity index (χ3n) is 3.09. The van der Waals surface area contributed by atoms with Crippen LogP contribution in [-0.4, -0.2) is 5.78 Å². The molecule has 1 aromatic rings. The zero-order chi connectivity index (χ0) is 8.13. The number of ketones is 1. The van der Waals surface area contributed by atoms with Gasteiger partial charge in [0.1, 0.15) is 0 Å². The summed E-state index contributed by atoms with van der Waals surface area (Å²) in [7, 11) is 0. The largest absolute Gasteiger partial charge is 0.293 e. The number of benzene rings is 1. The molecule has 0 N–H and O–H groups in total. The van der Waals surface area contributed by atoms with Crippen molar-refractivity contribution in [3.8, 4) is 0 Å². The number of hydrogen-bond acceptors (Lipinski definition) is 1. The Labute approximate surface area is 71.4 Å². The van der Waals surface area contributed by atoms with E-state index < -0.39 is 0 Å². The molecule has 2 aliphatic rings. The van der Waals surface area contributed by atoms with Gasteiger partial charge in [-0.2, -0.15) is 0 Å². The van der Waals surface area contributed by atoms with E-state index in [9.17, 15) is 4.79 Å². The second-order valence-corrected chi connectivity index (χ2v) is 3.68. The van der Waals surface area contributed by atoms with E-state index in [1.54, 1.807) is 0 Å². The molecule has 3 rings (SSSR count). The zero-order valence-corrected chi connectivity index (χ0v) is 6.84. The van der Waals surface area contributed by atoms with Gasteiger partial charge in [0, 0.05) is 11.5 Å². The quantitative estimate of drug-likeness (QED) is 0.566. The maximum Gasteiger partial charge on any atom is 0.170 e. The van der Waals surface area contributed by atoms with E-state index in [2.05, 4.69) is 6.07 Å². The van der Waals surface area contributed by atoms with Crippen molar-refractivity contribution in [2.24, 2.45) is 0 Å². The lowest BCUT2D eigenvalue weighted by molar-refractivity contribution is 0.0964. The Morgan fingerprint density at radius 2 is 2.25 bits per heavy atom. The lowest BCUT2D eigenvalue weighted by Gasteiger charge is -2.14. The van der Waals surface area contributed by atoms with Crippen molar-refractivity contribution in [3.05, 3.63) is 34.9 Å². The Bertz CT molecular complexity index is 365. The van der Waals surface area contributed by atoms with Crippen LogP contribution < -0.4 is 0 Å². The number of carbonyl (C=O) groups excluding carboxylic acids is 1. The molecule has 0 radical (unpaired) electrons. The first-order chi connectivity index (χ1) is 5.88. The Morgan fingerprint density at radius 3 is 3.08 bits per heavy atom. The smallest absolute Gasteiger partial charge is 0.170 e. The van der Waals surface area contributed by atoms with E-state index in [1.807, 2.05) is 12.1 Å². The molecule has 2 aliphatic carbocycles. The fourth-order valence-corrected chi connectivity index (χ4v) is 2.54. The van der Waals surface area contributed by atoms with Gasteiger partial charge in [-0.15, -0.1) is 0 Å². The third-order valence-corrected chi connectivity index (χ3v) is 3.09. The summed E-state index contributed by atoms with van der Waals surface area (Å²) < 4.78 is 0. The lowest BCUT2D eigenvalue weighted by Crippen LogP contribution is -2.06. The summed E-state index contributed by atoms with van der Waals surface area (Å²) in [5.41, 5.74) is 3.68. The molecule has 0 amide bonds. The maximum absolute atomic E-state index is 11.7. The molecule has 0 aromatic heterocycles. The highest BCUT2D eigenvalue weighted by Crippen LogP contribution is 2.42. The Hall–Kier alpha value is -1.11. The minimum Gasteiger partial charge on any atom is -0.293 e. The van der Waals surface area contributed by atoms with Crippen molar-refractivity contribution in [2.45, 2.75) is 25.2 Å². The van der Waals surface area contributed by atoms with Crippen LogP contribution in [0.15, 0.2) is 18.2 Å². The fourth-order valence-electron chi connectivity index (χ4n) is 2.54. The van der Waals surface area contributed by atoms with Crippen LogP contribution in [0.5, 0.6) is 0 Å². The van der Waals surface area contributed by atoms with Crippen molar-refractivity contribution in [1.82, 2.24) is 0 Å². The van der Waals surface area contributed by atoms with Gasteiger partial charge < -0.3 is 0 Å². The Balaban J connectivity index is 2.35. The highest BCUT2D eigenvalue weighted by atomic mass is 16.1. The van der Waals surface area contributed by atoms with E-state index in [0.717, 1.165) is 18.4 Å². The molecule has 1 atom stereocenters. The van der Waals surface area contributed by atoms with E-state index in [-0.39, 0.29) is 5.92 Å². The Morgan fingerprint density at radius 1 is 1.33 bits per heavy atom. The van der Waals surface area contributed by atoms with Gasteiger partial charge in [0.15, 0.2) is 5.78 Å². The predicted octanol–water partition coefficient (Wildman–Crippen LogP) is 2.30. The number of Topliss-reactive ketones (excluding diaryl/α,β-unsaturated/α-hetero) is 1. The predicted molar refractivity (Wildman–Crippen MR) is 46.5 cm³/mol. The first kappa shape index (κ1) is 6.41. The van der Waals surface area contributed by atoms with Crippen LogP contribution in [-0.2, 0) is 6.42 Å². The molecule has 0 heterocycles. The molecule has 0 fully saturated rings. The summed E-state index contributed by atoms with van der Waals surface area (Å²) in [6.45, 7) is 0. The van der Waals surface area contributed by atoms with Crippen molar-refractivity contribution in [3.63, 3.8) is 0 Å². The van der Waals surface area contributed by atoms with Gasteiger partial charge in [0.05, 0.1) is 0 Å². The van der Waals surface area contributed by atoms with Gasteiger partial charge >= 0.3 is 0 Å². The highest BCUT2D eigenvalue weighted by molar-refractivity contribution is 6.06. The van der Waals surface area contributed by atoms with Crippen LogP contribution in [0, 0.1) is 0 Å². The van der Waals surface area contributed by atoms with Gasteiger partial charge in [-0.05, 0) is 30.4 Å². The van der Waals surface area contributed by atoms with E-state index in [0.29, 0.717) is 5.78 Å². The first-order valence-corrected chi connectivity index (χ1v) is 4.54. The minimum atomic E-state index is 0.235. The molecule has 0 saturated heterocycles. The molecule has 4 bridgehead atoms. The van der Waals surface area contributed by atoms with E-state index >= 15 is 0 Å². The van der Waals surface area contributed by atoms with Crippen LogP contribution in [0.1, 0.15) is 40.2 Å². The molecule has 1 nitrogen and oxygen atoms in total. The summed E-state index contributed by atoms with van der Waals surface area (Å²) in [5, 5.41) is 0. The molecular formula is C11H10O. The van der Waals surface area contributed by atoms with Crippen molar-refractivity contribution < 1.29 is 4.79 Å². The van der Waals surface area contributed by atoms with Gasteiger partial charge in [-0.3, -0.25) is 4.79 Å². The molecule has 0 aliphatic heterocycles. The molecule has 1 aromatic carbocycles. The summed E-state index contributed by atoms with van der Waals surface area (Å²) in [5.74, 6) is 0.612. The van der Waals surface area contributed by atoms with Crippen LogP contribution in [0.2, 0.25) is 0 Å². The van der Waals surface area contributed by atoms with Crippen molar-refractivity contribution in [1.29, 1.82) is 0 Å².